The second-order valence-electron chi connectivity index (χ2n) is 6.38. The summed E-state index contributed by atoms with van der Waals surface area (Å²) >= 11 is 0. The first-order valence-electron chi connectivity index (χ1n) is 8.54. The van der Waals surface area contributed by atoms with E-state index in [4.69, 9.17) is 0 Å². The highest BCUT2D eigenvalue weighted by Crippen LogP contribution is 2.30. The monoisotopic (exact) mass is 393 g/mol. The number of amides is 2. The number of aromatic nitrogens is 2. The quantitative estimate of drug-likeness (QED) is 0.737. The third-order valence-corrected chi connectivity index (χ3v) is 4.30. The van der Waals surface area contributed by atoms with Gasteiger partial charge in [0.1, 0.15) is 6.17 Å². The summed E-state index contributed by atoms with van der Waals surface area (Å²) in [5, 5.41) is 8.24. The first-order valence-corrected chi connectivity index (χ1v) is 8.54. The minimum absolute atomic E-state index is 0.107. The zero-order valence-electron chi connectivity index (χ0n) is 14.8. The molecule has 7 nitrogen and oxygen atoms in total. The molecule has 0 radical (unpaired) electrons. The lowest BCUT2D eigenvalue weighted by molar-refractivity contribution is -0.137. The predicted molar refractivity (Wildman–Crippen MR) is 92.5 cm³/mol. The van der Waals surface area contributed by atoms with E-state index in [0.29, 0.717) is 11.4 Å². The second kappa shape index (κ2) is 7.93. The first kappa shape index (κ1) is 19.7. The van der Waals surface area contributed by atoms with Crippen LogP contribution in [-0.4, -0.2) is 27.8 Å². The smallest absolute Gasteiger partial charge is 0.348 e. The summed E-state index contributed by atoms with van der Waals surface area (Å²) < 4.78 is 38.6. The Morgan fingerprint density at radius 1 is 1.25 bits per heavy atom. The van der Waals surface area contributed by atoms with E-state index in [-0.39, 0.29) is 12.3 Å². The zero-order chi connectivity index (χ0) is 20.3. The van der Waals surface area contributed by atoms with E-state index in [2.05, 4.69) is 25.9 Å². The van der Waals surface area contributed by atoms with E-state index >= 15 is 0 Å². The molecule has 3 rings (SSSR count). The van der Waals surface area contributed by atoms with Gasteiger partial charge in [-0.05, 0) is 30.7 Å². The molecule has 1 fully saturated rings. The summed E-state index contributed by atoms with van der Waals surface area (Å²) in [5.74, 6) is -0.553. The van der Waals surface area contributed by atoms with Crippen LogP contribution in [0.15, 0.2) is 42.7 Å². The number of carbonyl (C=O) groups excluding carboxylic acids is 2. The van der Waals surface area contributed by atoms with Crippen molar-refractivity contribution < 1.29 is 22.8 Å². The minimum Gasteiger partial charge on any atom is -0.348 e. The van der Waals surface area contributed by atoms with E-state index in [1.807, 2.05) is 0 Å². The van der Waals surface area contributed by atoms with Gasteiger partial charge in [-0.25, -0.2) is 9.97 Å². The van der Waals surface area contributed by atoms with Gasteiger partial charge in [0.25, 0.3) is 0 Å². The molecule has 10 heteroatoms. The van der Waals surface area contributed by atoms with Gasteiger partial charge in [0.15, 0.2) is 5.82 Å². The van der Waals surface area contributed by atoms with Crippen molar-refractivity contribution in [3.63, 3.8) is 0 Å². The molecule has 1 saturated heterocycles. The molecule has 0 saturated carbocycles. The van der Waals surface area contributed by atoms with Crippen LogP contribution in [0.2, 0.25) is 0 Å². The normalized spacial score (nSPS) is 20.9. The molecule has 28 heavy (non-hydrogen) atoms. The number of nitrogens with one attached hydrogen (secondary N) is 3. The van der Waals surface area contributed by atoms with Crippen molar-refractivity contribution in [2.24, 2.45) is 0 Å². The number of halogens is 3. The summed E-state index contributed by atoms with van der Waals surface area (Å²) in [7, 11) is 0. The second-order valence-corrected chi connectivity index (χ2v) is 6.38. The van der Waals surface area contributed by atoms with Gasteiger partial charge in [-0.2, -0.15) is 13.2 Å². The molecule has 1 aliphatic rings. The number of carbonyl (C=O) groups is 2. The van der Waals surface area contributed by atoms with Crippen molar-refractivity contribution in [2.45, 2.75) is 37.8 Å². The number of nitrogens with zero attached hydrogens (tertiary/aromatic N) is 2. The highest BCUT2D eigenvalue weighted by Gasteiger charge is 2.34. The lowest BCUT2D eigenvalue weighted by atomic mass is 10.0. The number of rotatable bonds is 4. The van der Waals surface area contributed by atoms with E-state index < -0.39 is 35.9 Å². The molecule has 0 spiro atoms. The predicted octanol–water partition coefficient (Wildman–Crippen LogP) is 1.85. The first-order chi connectivity index (χ1) is 13.2. The molecule has 148 valence electrons. The summed E-state index contributed by atoms with van der Waals surface area (Å²) in [6.45, 7) is 1.58. The summed E-state index contributed by atoms with van der Waals surface area (Å²) in [5.41, 5.74) is -0.478. The Balaban J connectivity index is 1.69. The van der Waals surface area contributed by atoms with Crippen molar-refractivity contribution in [1.29, 1.82) is 0 Å². The molecule has 1 aromatic heterocycles. The van der Waals surface area contributed by atoms with Gasteiger partial charge in [0, 0.05) is 12.4 Å². The van der Waals surface area contributed by atoms with Crippen LogP contribution in [0.4, 0.5) is 13.2 Å². The lowest BCUT2D eigenvalue weighted by Crippen LogP contribution is -2.56. The Morgan fingerprint density at radius 3 is 2.64 bits per heavy atom. The van der Waals surface area contributed by atoms with Gasteiger partial charge in [-0.3, -0.25) is 14.9 Å². The number of hydrogen-bond donors (Lipinski definition) is 3. The topological polar surface area (TPSA) is 96.0 Å². The summed E-state index contributed by atoms with van der Waals surface area (Å²) in [4.78, 5) is 32.6. The van der Waals surface area contributed by atoms with Crippen LogP contribution in [0, 0.1) is 0 Å². The number of benzene rings is 1. The fraction of sp³-hybridized carbons (Fsp3) is 0.333. The van der Waals surface area contributed by atoms with Crippen molar-refractivity contribution in [3.05, 3.63) is 59.7 Å². The van der Waals surface area contributed by atoms with Gasteiger partial charge in [0.05, 0.1) is 24.1 Å². The highest BCUT2D eigenvalue weighted by atomic mass is 19.4. The lowest BCUT2D eigenvalue weighted by Gasteiger charge is -2.30. The van der Waals surface area contributed by atoms with Gasteiger partial charge < -0.3 is 10.6 Å². The average Bonchev–Trinajstić information content (AvgIpc) is 2.67. The van der Waals surface area contributed by atoms with Gasteiger partial charge in [-0.1, -0.05) is 12.1 Å². The maximum absolute atomic E-state index is 12.9. The van der Waals surface area contributed by atoms with Crippen LogP contribution >= 0.6 is 0 Å². The Bertz CT molecular complexity index is 860. The maximum atomic E-state index is 12.9. The van der Waals surface area contributed by atoms with E-state index in [0.717, 1.165) is 12.1 Å². The van der Waals surface area contributed by atoms with E-state index in [1.54, 1.807) is 13.0 Å². The number of hydrogen-bond acceptors (Lipinski definition) is 5. The van der Waals surface area contributed by atoms with Crippen LogP contribution in [0.1, 0.15) is 42.5 Å². The molecular weight excluding hydrogens is 375 g/mol. The van der Waals surface area contributed by atoms with Gasteiger partial charge in [0.2, 0.25) is 11.8 Å². The van der Waals surface area contributed by atoms with E-state index in [1.165, 1.54) is 24.5 Å². The average molecular weight is 393 g/mol. The maximum Gasteiger partial charge on any atom is 0.416 e. The molecule has 2 amide bonds. The summed E-state index contributed by atoms with van der Waals surface area (Å²) in [6.07, 6.45) is -2.29. The van der Waals surface area contributed by atoms with E-state index in [9.17, 15) is 22.8 Å². The number of alkyl halides is 3. The van der Waals surface area contributed by atoms with Gasteiger partial charge >= 0.3 is 6.18 Å². The Morgan fingerprint density at radius 2 is 1.96 bits per heavy atom. The van der Waals surface area contributed by atoms with Crippen molar-refractivity contribution >= 4 is 11.8 Å². The summed E-state index contributed by atoms with van der Waals surface area (Å²) in [6, 6.07) is 4.83. The minimum atomic E-state index is -4.47. The fourth-order valence-corrected chi connectivity index (χ4v) is 2.86. The molecule has 1 aliphatic heterocycles. The highest BCUT2D eigenvalue weighted by molar-refractivity contribution is 5.89. The van der Waals surface area contributed by atoms with Crippen LogP contribution in [-0.2, 0) is 15.8 Å². The van der Waals surface area contributed by atoms with Crippen LogP contribution in [0.3, 0.4) is 0 Å². The fourth-order valence-electron chi connectivity index (χ4n) is 2.86. The van der Waals surface area contributed by atoms with Gasteiger partial charge in [-0.15, -0.1) is 0 Å². The third kappa shape index (κ3) is 4.63. The van der Waals surface area contributed by atoms with Crippen molar-refractivity contribution in [3.8, 4) is 0 Å². The molecule has 0 bridgehead atoms. The molecular formula is C18H18F3N5O2. The van der Waals surface area contributed by atoms with Crippen LogP contribution in [0.25, 0.3) is 0 Å². The largest absolute Gasteiger partial charge is 0.416 e. The van der Waals surface area contributed by atoms with Crippen LogP contribution < -0.4 is 16.0 Å². The molecule has 2 heterocycles. The molecule has 2 unspecified atom stereocenters. The van der Waals surface area contributed by atoms with Crippen molar-refractivity contribution in [2.75, 3.05) is 0 Å². The standard InChI is InChI=1S/C18H18F3N5O2/c1-10(11-4-2-5-12(8-11)18(19,20)21)24-17(28)13-9-14(27)26-16(25-13)15-22-6-3-7-23-15/h2-8,10,13,16,25H,9H2,1H3,(H,24,28)(H,26,27)/t10-,13?,16?/m1/s1. The third-order valence-electron chi connectivity index (χ3n) is 4.30. The molecule has 0 aliphatic carbocycles. The van der Waals surface area contributed by atoms with Crippen LogP contribution in [0.5, 0.6) is 0 Å². The van der Waals surface area contributed by atoms with Crippen molar-refractivity contribution in [1.82, 2.24) is 25.9 Å². The SMILES string of the molecule is C[C@@H](NC(=O)C1CC(=O)NC(c2ncccn2)N1)c1cccc(C(F)(F)F)c1. The molecule has 3 N–H and O–H groups in total. The Hall–Kier alpha value is -3.01. The Labute approximate surface area is 158 Å². The Kier molecular flexibility index (Phi) is 5.59. The molecule has 1 aromatic carbocycles. The molecule has 3 atom stereocenters. The zero-order valence-corrected chi connectivity index (χ0v) is 14.8. The molecule has 2 aromatic rings.